The summed E-state index contributed by atoms with van der Waals surface area (Å²) in [4.78, 5) is 30.4. The van der Waals surface area contributed by atoms with E-state index in [-0.39, 0.29) is 36.2 Å². The predicted octanol–water partition coefficient (Wildman–Crippen LogP) is 3.73. The molecule has 2 aromatic rings. The molecule has 0 aliphatic carbocycles. The van der Waals surface area contributed by atoms with Crippen LogP contribution in [0, 0.1) is 5.92 Å². The summed E-state index contributed by atoms with van der Waals surface area (Å²) in [7, 11) is 5.80. The van der Waals surface area contributed by atoms with Crippen molar-refractivity contribution in [2.24, 2.45) is 5.92 Å². The van der Waals surface area contributed by atoms with Crippen LogP contribution in [-0.4, -0.2) is 49.3 Å². The Morgan fingerprint density at radius 3 is 2.64 bits per heavy atom. The molecule has 3 rings (SSSR count). The molecule has 1 fully saturated rings. The minimum absolute atomic E-state index is 0.00915. The molecule has 3 atom stereocenters. The number of hydrogen-bond acceptors (Lipinski definition) is 4. The first-order valence-electron chi connectivity index (χ1n) is 9.36. The van der Waals surface area contributed by atoms with Crippen LogP contribution >= 0.6 is 22.9 Å². The third kappa shape index (κ3) is 4.74. The Morgan fingerprint density at radius 2 is 2.04 bits per heavy atom. The van der Waals surface area contributed by atoms with E-state index in [4.69, 9.17) is 11.6 Å². The molecular weight excluding hydrogens is 394 g/mol. The maximum absolute atomic E-state index is 13.2. The lowest BCUT2D eigenvalue weighted by molar-refractivity contribution is -0.128. The van der Waals surface area contributed by atoms with Crippen molar-refractivity contribution in [1.29, 1.82) is 0 Å². The first-order chi connectivity index (χ1) is 13.4. The van der Waals surface area contributed by atoms with Crippen LogP contribution in [0.3, 0.4) is 0 Å². The zero-order valence-corrected chi connectivity index (χ0v) is 18.0. The zero-order valence-electron chi connectivity index (χ0n) is 16.4. The number of rotatable bonds is 7. The lowest BCUT2D eigenvalue weighted by Gasteiger charge is -2.26. The Balaban J connectivity index is 1.80. The van der Waals surface area contributed by atoms with Crippen molar-refractivity contribution in [1.82, 2.24) is 15.1 Å². The molecule has 1 N–H and O–H groups in total. The molecule has 2 heterocycles. The highest BCUT2D eigenvalue weighted by atomic mass is 35.5. The van der Waals surface area contributed by atoms with Crippen LogP contribution in [0.15, 0.2) is 41.8 Å². The molecule has 0 radical (unpaired) electrons. The second kappa shape index (κ2) is 9.07. The Labute approximate surface area is 175 Å². The lowest BCUT2D eigenvalue weighted by Crippen LogP contribution is -2.37. The van der Waals surface area contributed by atoms with Crippen LogP contribution in [0.2, 0.25) is 5.02 Å². The second-order valence-corrected chi connectivity index (χ2v) is 8.90. The lowest BCUT2D eigenvalue weighted by atomic mass is 9.96. The Kier molecular flexibility index (Phi) is 6.75. The van der Waals surface area contributed by atoms with Gasteiger partial charge in [0.15, 0.2) is 0 Å². The van der Waals surface area contributed by atoms with E-state index in [1.807, 2.05) is 55.9 Å². The fraction of sp³-hybridized carbons (Fsp3) is 0.429. The molecule has 1 aliphatic heterocycles. The van der Waals surface area contributed by atoms with Crippen LogP contribution in [0.4, 0.5) is 0 Å². The number of benzene rings is 1. The number of hydrogen-bond donors (Lipinski definition) is 1. The highest BCUT2D eigenvalue weighted by Gasteiger charge is 2.43. The van der Waals surface area contributed by atoms with E-state index < -0.39 is 0 Å². The maximum Gasteiger partial charge on any atom is 0.226 e. The second-order valence-electron chi connectivity index (χ2n) is 7.48. The normalized spacial score (nSPS) is 20.6. The monoisotopic (exact) mass is 419 g/mol. The zero-order chi connectivity index (χ0) is 20.3. The quantitative estimate of drug-likeness (QED) is 0.743. The van der Waals surface area contributed by atoms with Gasteiger partial charge < -0.3 is 15.1 Å². The first kappa shape index (κ1) is 20.8. The molecule has 2 amide bonds. The molecule has 5 nitrogen and oxygen atoms in total. The van der Waals surface area contributed by atoms with E-state index in [0.717, 1.165) is 23.4 Å². The van der Waals surface area contributed by atoms with Gasteiger partial charge in [-0.15, -0.1) is 11.3 Å². The van der Waals surface area contributed by atoms with Crippen LogP contribution in [0.1, 0.15) is 35.4 Å². The smallest absolute Gasteiger partial charge is 0.226 e. The molecule has 1 aromatic heterocycles. The van der Waals surface area contributed by atoms with Gasteiger partial charge >= 0.3 is 0 Å². The average Bonchev–Trinajstić information content (AvgIpc) is 3.28. The van der Waals surface area contributed by atoms with Gasteiger partial charge in [-0.3, -0.25) is 9.59 Å². The summed E-state index contributed by atoms with van der Waals surface area (Å²) in [5.41, 5.74) is 1.02. The summed E-state index contributed by atoms with van der Waals surface area (Å²) < 4.78 is 0. The summed E-state index contributed by atoms with van der Waals surface area (Å²) >= 11 is 7.61. The van der Waals surface area contributed by atoms with Gasteiger partial charge in [0.2, 0.25) is 11.8 Å². The number of amides is 2. The summed E-state index contributed by atoms with van der Waals surface area (Å²) in [5.74, 6) is -0.449. The SMILES string of the molecule is CN(C)CCC(NC(=O)C1CC(=O)N(C)C1c1cccs1)c1ccc(Cl)cc1. The minimum atomic E-state index is -0.384. The van der Waals surface area contributed by atoms with Gasteiger partial charge in [0.1, 0.15) is 0 Å². The van der Waals surface area contributed by atoms with Gasteiger partial charge in [-0.2, -0.15) is 0 Å². The van der Waals surface area contributed by atoms with Gasteiger partial charge in [0, 0.05) is 23.4 Å². The first-order valence-corrected chi connectivity index (χ1v) is 10.6. The number of nitrogens with one attached hydrogen (secondary N) is 1. The van der Waals surface area contributed by atoms with E-state index in [1.165, 1.54) is 0 Å². The molecule has 1 aromatic carbocycles. The topological polar surface area (TPSA) is 52.7 Å². The predicted molar refractivity (Wildman–Crippen MR) is 113 cm³/mol. The molecular formula is C21H26ClN3O2S. The number of likely N-dealkylation sites (tertiary alicyclic amines) is 1. The average molecular weight is 420 g/mol. The summed E-state index contributed by atoms with van der Waals surface area (Å²) in [6.45, 7) is 0.839. The van der Waals surface area contributed by atoms with Gasteiger partial charge in [-0.1, -0.05) is 29.8 Å². The maximum atomic E-state index is 13.2. The summed E-state index contributed by atoms with van der Waals surface area (Å²) in [6.07, 6.45) is 1.02. The number of halogens is 1. The molecule has 3 unspecified atom stereocenters. The van der Waals surface area contributed by atoms with E-state index >= 15 is 0 Å². The van der Waals surface area contributed by atoms with Crippen LogP contribution in [0.5, 0.6) is 0 Å². The Hall–Kier alpha value is -1.89. The summed E-state index contributed by atoms with van der Waals surface area (Å²) in [6, 6.07) is 11.2. The molecule has 1 saturated heterocycles. The fourth-order valence-electron chi connectivity index (χ4n) is 3.64. The van der Waals surface area contributed by atoms with Crippen molar-refractivity contribution >= 4 is 34.8 Å². The molecule has 7 heteroatoms. The van der Waals surface area contributed by atoms with E-state index in [9.17, 15) is 9.59 Å². The molecule has 0 bridgehead atoms. The number of thiophene rings is 1. The number of nitrogens with zero attached hydrogens (tertiary/aromatic N) is 2. The van der Waals surface area contributed by atoms with Crippen LogP contribution in [0.25, 0.3) is 0 Å². The largest absolute Gasteiger partial charge is 0.349 e. The Bertz CT molecular complexity index is 808. The molecule has 0 saturated carbocycles. The van der Waals surface area contributed by atoms with E-state index in [0.29, 0.717) is 5.02 Å². The van der Waals surface area contributed by atoms with E-state index in [1.54, 1.807) is 23.3 Å². The number of carbonyl (C=O) groups excluding carboxylic acids is 2. The molecule has 1 aliphatic rings. The standard InChI is InChI=1S/C21H26ClN3O2S/c1-24(2)11-10-17(14-6-8-15(22)9-7-14)23-21(27)16-13-19(26)25(3)20(16)18-5-4-12-28-18/h4-9,12,16-17,20H,10-11,13H2,1-3H3,(H,23,27). The minimum Gasteiger partial charge on any atom is -0.349 e. The summed E-state index contributed by atoms with van der Waals surface area (Å²) in [5, 5.41) is 5.85. The van der Waals surface area contributed by atoms with Gasteiger partial charge in [-0.05, 0) is 56.2 Å². The molecule has 28 heavy (non-hydrogen) atoms. The third-order valence-electron chi connectivity index (χ3n) is 5.21. The highest BCUT2D eigenvalue weighted by Crippen LogP contribution is 2.39. The van der Waals surface area contributed by atoms with Crippen molar-refractivity contribution in [2.75, 3.05) is 27.7 Å². The van der Waals surface area contributed by atoms with Crippen molar-refractivity contribution in [2.45, 2.75) is 24.9 Å². The third-order valence-corrected chi connectivity index (χ3v) is 6.41. The van der Waals surface area contributed by atoms with Crippen molar-refractivity contribution in [3.63, 3.8) is 0 Å². The molecule has 150 valence electrons. The van der Waals surface area contributed by atoms with Crippen molar-refractivity contribution < 1.29 is 9.59 Å². The van der Waals surface area contributed by atoms with Gasteiger partial charge in [-0.25, -0.2) is 0 Å². The van der Waals surface area contributed by atoms with Crippen LogP contribution in [-0.2, 0) is 9.59 Å². The van der Waals surface area contributed by atoms with Crippen LogP contribution < -0.4 is 5.32 Å². The Morgan fingerprint density at radius 1 is 1.32 bits per heavy atom. The highest BCUT2D eigenvalue weighted by molar-refractivity contribution is 7.10. The van der Waals surface area contributed by atoms with E-state index in [2.05, 4.69) is 10.2 Å². The molecule has 0 spiro atoms. The van der Waals surface area contributed by atoms with Gasteiger partial charge in [0.05, 0.1) is 18.0 Å². The van der Waals surface area contributed by atoms with Gasteiger partial charge in [0.25, 0.3) is 0 Å². The fourth-order valence-corrected chi connectivity index (χ4v) is 4.70. The van der Waals surface area contributed by atoms with Crippen molar-refractivity contribution in [3.05, 3.63) is 57.2 Å². The van der Waals surface area contributed by atoms with Crippen molar-refractivity contribution in [3.8, 4) is 0 Å². The number of carbonyl (C=O) groups is 2.